The number of nitrogen functional groups attached to an aromatic ring is 1. The zero-order valence-electron chi connectivity index (χ0n) is 15.5. The molecular weight excluding hydrogens is 350 g/mol. The molecule has 0 bridgehead atoms. The minimum Gasteiger partial charge on any atom is -0.399 e. The minimum absolute atomic E-state index is 0.517. The molecule has 5 N–H and O–H groups in total. The van der Waals surface area contributed by atoms with Gasteiger partial charge in [0.15, 0.2) is 5.82 Å². The van der Waals surface area contributed by atoms with E-state index in [2.05, 4.69) is 31.9 Å². The molecule has 0 amide bonds. The molecule has 4 aromatic rings. The van der Waals surface area contributed by atoms with Crippen LogP contribution in [0.2, 0.25) is 0 Å². The number of hydrogen-bond acceptors (Lipinski definition) is 6. The van der Waals surface area contributed by atoms with Gasteiger partial charge in [0.1, 0.15) is 5.82 Å². The fourth-order valence-corrected chi connectivity index (χ4v) is 3.24. The summed E-state index contributed by atoms with van der Waals surface area (Å²) in [6.45, 7) is 1.98. The lowest BCUT2D eigenvalue weighted by Gasteiger charge is -2.11. The van der Waals surface area contributed by atoms with Gasteiger partial charge >= 0.3 is 0 Å². The Morgan fingerprint density at radius 2 is 1.89 bits per heavy atom. The summed E-state index contributed by atoms with van der Waals surface area (Å²) in [5, 5.41) is 15.1. The largest absolute Gasteiger partial charge is 0.399 e. The van der Waals surface area contributed by atoms with Gasteiger partial charge in [-0.15, -0.1) is 0 Å². The molecule has 0 saturated heterocycles. The molecule has 2 aromatic heterocycles. The molecule has 28 heavy (non-hydrogen) atoms. The molecule has 140 valence electrons. The Morgan fingerprint density at radius 1 is 1.04 bits per heavy atom. The number of aromatic amines is 1. The molecule has 0 unspecified atom stereocenters. The average Bonchev–Trinajstić information content (AvgIpc) is 3.44. The summed E-state index contributed by atoms with van der Waals surface area (Å²) in [5.74, 6) is 2.62. The third-order valence-electron chi connectivity index (χ3n) is 4.99. The maximum absolute atomic E-state index is 5.92. The second-order valence-electron chi connectivity index (χ2n) is 7.22. The average molecular weight is 371 g/mol. The Kier molecular flexibility index (Phi) is 3.86. The fraction of sp³-hybridized carbons (Fsp3) is 0.190. The number of benzene rings is 2. The summed E-state index contributed by atoms with van der Waals surface area (Å²) in [6, 6.07) is 15.8. The van der Waals surface area contributed by atoms with Gasteiger partial charge in [0.2, 0.25) is 5.95 Å². The van der Waals surface area contributed by atoms with Crippen LogP contribution in [0.25, 0.3) is 10.9 Å². The van der Waals surface area contributed by atoms with Crippen LogP contribution in [0.1, 0.15) is 30.0 Å². The van der Waals surface area contributed by atoms with Crippen LogP contribution in [0.15, 0.2) is 48.5 Å². The highest BCUT2D eigenvalue weighted by Crippen LogP contribution is 2.39. The van der Waals surface area contributed by atoms with Crippen LogP contribution in [-0.4, -0.2) is 20.2 Å². The van der Waals surface area contributed by atoms with Gasteiger partial charge < -0.3 is 16.4 Å². The van der Waals surface area contributed by atoms with Gasteiger partial charge in [-0.05, 0) is 55.7 Å². The molecule has 0 radical (unpaired) electrons. The summed E-state index contributed by atoms with van der Waals surface area (Å²) in [4.78, 5) is 9.34. The first-order valence-electron chi connectivity index (χ1n) is 9.38. The zero-order valence-corrected chi connectivity index (χ0v) is 15.5. The summed E-state index contributed by atoms with van der Waals surface area (Å²) in [7, 11) is 0. The zero-order chi connectivity index (χ0) is 19.1. The molecule has 7 heteroatoms. The number of hydrogen-bond donors (Lipinski definition) is 4. The van der Waals surface area contributed by atoms with Crippen LogP contribution in [-0.2, 0) is 0 Å². The van der Waals surface area contributed by atoms with E-state index in [4.69, 9.17) is 10.7 Å². The number of nitrogens with two attached hydrogens (primary N) is 1. The lowest BCUT2D eigenvalue weighted by Crippen LogP contribution is -2.03. The number of nitrogens with one attached hydrogen (secondary N) is 3. The van der Waals surface area contributed by atoms with Gasteiger partial charge in [-0.25, -0.2) is 4.98 Å². The standard InChI is InChI=1S/C21H21N7/c1-12-10-14(8-9-16(12)22)23-21-24-17-5-3-2-4-15(17)20(26-21)25-19-11-18(27-28-19)13-6-7-13/h2-5,8-11,13H,6-7,22H2,1H3,(H3,23,24,25,26,27,28). The van der Waals surface area contributed by atoms with Crippen LogP contribution >= 0.6 is 0 Å². The summed E-state index contributed by atoms with van der Waals surface area (Å²) in [6.07, 6.45) is 2.46. The van der Waals surface area contributed by atoms with Crippen molar-refractivity contribution in [2.45, 2.75) is 25.7 Å². The topological polar surface area (TPSA) is 105 Å². The number of aryl methyl sites for hydroxylation is 1. The molecule has 5 rings (SSSR count). The Hall–Kier alpha value is -3.61. The van der Waals surface area contributed by atoms with E-state index in [1.165, 1.54) is 18.5 Å². The third kappa shape index (κ3) is 3.22. The molecule has 2 heterocycles. The van der Waals surface area contributed by atoms with E-state index in [1.54, 1.807) is 0 Å². The highest BCUT2D eigenvalue weighted by atomic mass is 15.2. The van der Waals surface area contributed by atoms with Crippen LogP contribution in [0.3, 0.4) is 0 Å². The first-order valence-corrected chi connectivity index (χ1v) is 9.38. The van der Waals surface area contributed by atoms with Crippen molar-refractivity contribution in [3.63, 3.8) is 0 Å². The minimum atomic E-state index is 0.517. The second-order valence-corrected chi connectivity index (χ2v) is 7.22. The highest BCUT2D eigenvalue weighted by molar-refractivity contribution is 5.91. The lowest BCUT2D eigenvalue weighted by atomic mass is 10.2. The van der Waals surface area contributed by atoms with E-state index in [0.29, 0.717) is 17.7 Å². The highest BCUT2D eigenvalue weighted by Gasteiger charge is 2.25. The third-order valence-corrected chi connectivity index (χ3v) is 4.99. The van der Waals surface area contributed by atoms with Gasteiger partial charge in [-0.1, -0.05) is 12.1 Å². The number of H-pyrrole nitrogens is 1. The predicted octanol–water partition coefficient (Wildman–Crippen LogP) is 4.61. The van der Waals surface area contributed by atoms with E-state index in [1.807, 2.05) is 49.4 Å². The Bertz CT molecular complexity index is 1160. The number of nitrogens with zero attached hydrogens (tertiary/aromatic N) is 3. The summed E-state index contributed by atoms with van der Waals surface area (Å²) >= 11 is 0. The van der Waals surface area contributed by atoms with Crippen molar-refractivity contribution >= 4 is 39.9 Å². The van der Waals surface area contributed by atoms with Gasteiger partial charge in [0.25, 0.3) is 0 Å². The van der Waals surface area contributed by atoms with Gasteiger partial charge in [0, 0.05) is 34.4 Å². The van der Waals surface area contributed by atoms with E-state index in [-0.39, 0.29) is 0 Å². The van der Waals surface area contributed by atoms with Crippen LogP contribution < -0.4 is 16.4 Å². The number of aromatic nitrogens is 4. The lowest BCUT2D eigenvalue weighted by molar-refractivity contribution is 0.966. The van der Waals surface area contributed by atoms with E-state index >= 15 is 0 Å². The van der Waals surface area contributed by atoms with Crippen molar-refractivity contribution in [3.05, 3.63) is 59.8 Å². The van der Waals surface area contributed by atoms with Crippen molar-refractivity contribution in [1.29, 1.82) is 0 Å². The molecule has 1 saturated carbocycles. The number of rotatable bonds is 5. The maximum atomic E-state index is 5.92. The summed E-state index contributed by atoms with van der Waals surface area (Å²) < 4.78 is 0. The van der Waals surface area contributed by atoms with Crippen molar-refractivity contribution in [1.82, 2.24) is 20.2 Å². The summed E-state index contributed by atoms with van der Waals surface area (Å²) in [5.41, 5.74) is 10.6. The first kappa shape index (κ1) is 16.6. The number of para-hydroxylation sites is 1. The monoisotopic (exact) mass is 371 g/mol. The predicted molar refractivity (Wildman–Crippen MR) is 112 cm³/mol. The molecule has 1 fully saturated rings. The van der Waals surface area contributed by atoms with Gasteiger partial charge in [-0.3, -0.25) is 5.10 Å². The Morgan fingerprint density at radius 3 is 2.71 bits per heavy atom. The van der Waals surface area contributed by atoms with Crippen LogP contribution in [0, 0.1) is 6.92 Å². The Labute approximate surface area is 162 Å². The quantitative estimate of drug-likeness (QED) is 0.382. The van der Waals surface area contributed by atoms with Crippen LogP contribution in [0.5, 0.6) is 0 Å². The molecule has 0 aliphatic heterocycles. The van der Waals surface area contributed by atoms with Crippen molar-refractivity contribution in [2.24, 2.45) is 0 Å². The fourth-order valence-electron chi connectivity index (χ4n) is 3.24. The van der Waals surface area contributed by atoms with E-state index in [0.717, 1.165) is 33.7 Å². The Balaban J connectivity index is 1.50. The van der Waals surface area contributed by atoms with Crippen LogP contribution in [0.4, 0.5) is 29.0 Å². The molecular formula is C21H21N7. The van der Waals surface area contributed by atoms with E-state index in [9.17, 15) is 0 Å². The molecule has 7 nitrogen and oxygen atoms in total. The number of anilines is 5. The molecule has 0 spiro atoms. The van der Waals surface area contributed by atoms with Gasteiger partial charge in [-0.2, -0.15) is 10.1 Å². The van der Waals surface area contributed by atoms with E-state index < -0.39 is 0 Å². The smallest absolute Gasteiger partial charge is 0.229 e. The molecule has 1 aliphatic rings. The number of fused-ring (bicyclic) bond motifs is 1. The second kappa shape index (κ2) is 6.53. The van der Waals surface area contributed by atoms with Crippen molar-refractivity contribution in [3.8, 4) is 0 Å². The van der Waals surface area contributed by atoms with Crippen molar-refractivity contribution in [2.75, 3.05) is 16.4 Å². The molecule has 0 atom stereocenters. The molecule has 1 aliphatic carbocycles. The van der Waals surface area contributed by atoms with Gasteiger partial charge in [0.05, 0.1) is 5.52 Å². The van der Waals surface area contributed by atoms with Crippen molar-refractivity contribution < 1.29 is 0 Å². The first-order chi connectivity index (χ1) is 13.7. The molecule has 2 aromatic carbocycles. The maximum Gasteiger partial charge on any atom is 0.229 e. The normalized spacial score (nSPS) is 13.6. The SMILES string of the molecule is Cc1cc(Nc2nc(Nc3cc(C4CC4)[nH]n3)c3ccccc3n2)ccc1N.